The van der Waals surface area contributed by atoms with Gasteiger partial charge in [-0.2, -0.15) is 0 Å². The van der Waals surface area contributed by atoms with Gasteiger partial charge in [0.05, 0.1) is 28.5 Å². The van der Waals surface area contributed by atoms with E-state index >= 15 is 4.39 Å². The van der Waals surface area contributed by atoms with Crippen molar-refractivity contribution in [2.45, 2.75) is 38.8 Å². The average molecular weight is 401 g/mol. The number of halogens is 2. The van der Waals surface area contributed by atoms with Crippen LogP contribution in [0.2, 0.25) is 0 Å². The van der Waals surface area contributed by atoms with Gasteiger partial charge in [0, 0.05) is 37.7 Å². The first kappa shape index (κ1) is 19.1. The molecule has 1 aliphatic rings. The molecule has 0 aliphatic heterocycles. The zero-order valence-electron chi connectivity index (χ0n) is 15.9. The quantitative estimate of drug-likeness (QED) is 0.360. The number of nitrogen functional groups attached to an aromatic ring is 1. The van der Waals surface area contributed by atoms with Crippen molar-refractivity contribution in [3.8, 4) is 0 Å². The van der Waals surface area contributed by atoms with Gasteiger partial charge in [0.1, 0.15) is 5.69 Å². The number of imidazole rings is 1. The van der Waals surface area contributed by atoms with Crippen molar-refractivity contribution < 1.29 is 13.6 Å². The number of fused-ring (bicyclic) bond motifs is 1. The number of carbonyl (C=O) groups is 1. The van der Waals surface area contributed by atoms with Crippen molar-refractivity contribution in [3.63, 3.8) is 0 Å². The largest absolute Gasteiger partial charge is 0.396 e. The van der Waals surface area contributed by atoms with Crippen LogP contribution in [0.4, 0.5) is 20.2 Å². The van der Waals surface area contributed by atoms with Gasteiger partial charge >= 0.3 is 0 Å². The van der Waals surface area contributed by atoms with Crippen molar-refractivity contribution in [2.75, 3.05) is 17.6 Å². The van der Waals surface area contributed by atoms with Crippen LogP contribution in [-0.4, -0.2) is 26.4 Å². The molecule has 0 spiro atoms. The number of nitrogens with one attached hydrogen (secondary N) is 1. The molecular weight excluding hydrogens is 380 g/mol. The highest BCUT2D eigenvalue weighted by atomic mass is 19.1. The number of pyridine rings is 1. The highest BCUT2D eigenvalue weighted by Gasteiger charge is 2.31. The Morgan fingerprint density at radius 2 is 2.10 bits per heavy atom. The molecule has 4 rings (SSSR count). The summed E-state index contributed by atoms with van der Waals surface area (Å²) in [7, 11) is 0. The van der Waals surface area contributed by atoms with Crippen LogP contribution in [0.25, 0.3) is 10.9 Å². The Morgan fingerprint density at radius 1 is 1.34 bits per heavy atom. The summed E-state index contributed by atoms with van der Waals surface area (Å²) in [5, 5.41) is 2.50. The summed E-state index contributed by atoms with van der Waals surface area (Å²) in [5.41, 5.74) is 4.19. The first-order valence-electron chi connectivity index (χ1n) is 9.46. The summed E-state index contributed by atoms with van der Waals surface area (Å²) in [4.78, 5) is 28.5. The first-order valence-corrected chi connectivity index (χ1v) is 9.46. The smallest absolute Gasteiger partial charge is 0.202 e. The first-order chi connectivity index (χ1) is 13.9. The monoisotopic (exact) mass is 401 g/mol. The molecule has 152 valence electrons. The molecule has 0 saturated heterocycles. The zero-order valence-corrected chi connectivity index (χ0v) is 15.9. The molecule has 9 heteroatoms. The molecule has 7 nitrogen and oxygen atoms in total. The fourth-order valence-electron chi connectivity index (χ4n) is 3.51. The van der Waals surface area contributed by atoms with Gasteiger partial charge in [-0.05, 0) is 26.2 Å². The highest BCUT2D eigenvalue weighted by Crippen LogP contribution is 2.40. The highest BCUT2D eigenvalue weighted by molar-refractivity contribution is 6.01. The number of nitrogens with two attached hydrogens (primary N) is 1. The standard InChI is InChI=1S/C20H21F2N5O2/c1-11(28)13-9-27(12-3-4-12)19-14(20(13)29)17(23)15(21)18(16(19)22)25-5-2-7-26-8-6-24-10-26/h6,8-10,12,25H,2-5,7,23H2,1H3. The number of carbonyl (C=O) groups excluding carboxylic acids is 1. The predicted molar refractivity (Wildman–Crippen MR) is 106 cm³/mol. The number of aromatic nitrogens is 3. The van der Waals surface area contributed by atoms with Crippen LogP contribution in [-0.2, 0) is 6.54 Å². The second-order valence-corrected chi connectivity index (χ2v) is 7.29. The minimum absolute atomic E-state index is 0.0374. The van der Waals surface area contributed by atoms with Gasteiger partial charge < -0.3 is 20.2 Å². The second kappa shape index (κ2) is 7.31. The maximum Gasteiger partial charge on any atom is 0.202 e. The number of ketones is 1. The van der Waals surface area contributed by atoms with Crippen LogP contribution in [0.15, 0.2) is 29.7 Å². The molecule has 29 heavy (non-hydrogen) atoms. The summed E-state index contributed by atoms with van der Waals surface area (Å²) in [5.74, 6) is -2.35. The number of Topliss-reactive ketones (excluding diaryl/α,β-unsaturated/α-hetero) is 1. The molecule has 0 atom stereocenters. The lowest BCUT2D eigenvalue weighted by Crippen LogP contribution is -2.21. The van der Waals surface area contributed by atoms with Crippen LogP contribution in [0.3, 0.4) is 0 Å². The van der Waals surface area contributed by atoms with Crippen molar-refractivity contribution in [2.24, 2.45) is 0 Å². The maximum atomic E-state index is 15.4. The topological polar surface area (TPSA) is 94.9 Å². The number of benzene rings is 1. The van der Waals surface area contributed by atoms with Crippen molar-refractivity contribution in [3.05, 3.63) is 52.3 Å². The summed E-state index contributed by atoms with van der Waals surface area (Å²) in [6.07, 6.45) is 8.68. The van der Waals surface area contributed by atoms with Crippen LogP contribution in [0.1, 0.15) is 42.6 Å². The van der Waals surface area contributed by atoms with E-state index in [1.54, 1.807) is 23.3 Å². The molecule has 1 saturated carbocycles. The Morgan fingerprint density at radius 3 is 2.72 bits per heavy atom. The van der Waals surface area contributed by atoms with Gasteiger partial charge in [0.2, 0.25) is 5.43 Å². The Kier molecular flexibility index (Phi) is 4.81. The van der Waals surface area contributed by atoms with Gasteiger partial charge in [0.15, 0.2) is 17.4 Å². The number of aryl methyl sites for hydroxylation is 1. The number of hydrogen-bond donors (Lipinski definition) is 2. The molecule has 3 N–H and O–H groups in total. The number of anilines is 2. The minimum Gasteiger partial charge on any atom is -0.396 e. The predicted octanol–water partition coefficient (Wildman–Crippen LogP) is 3.10. The lowest BCUT2D eigenvalue weighted by Gasteiger charge is -2.18. The molecule has 0 bridgehead atoms. The van der Waals surface area contributed by atoms with Gasteiger partial charge in [0.25, 0.3) is 0 Å². The zero-order chi connectivity index (χ0) is 20.7. The minimum atomic E-state index is -1.02. The third kappa shape index (κ3) is 3.37. The Balaban J connectivity index is 1.76. The SMILES string of the molecule is CC(=O)c1cn(C2CC2)c2c(F)c(NCCCn3ccnc3)c(F)c(N)c2c1=O. The Labute approximate surface area is 165 Å². The molecular formula is C20H21F2N5O2. The third-order valence-electron chi connectivity index (χ3n) is 5.16. The van der Waals surface area contributed by atoms with Crippen molar-refractivity contribution in [1.82, 2.24) is 14.1 Å². The van der Waals surface area contributed by atoms with Gasteiger partial charge in [-0.15, -0.1) is 0 Å². The van der Waals surface area contributed by atoms with Crippen LogP contribution in [0.5, 0.6) is 0 Å². The van der Waals surface area contributed by atoms with Crippen molar-refractivity contribution >= 4 is 28.1 Å². The molecule has 1 fully saturated rings. The van der Waals surface area contributed by atoms with Crippen molar-refractivity contribution in [1.29, 1.82) is 0 Å². The molecule has 0 radical (unpaired) electrons. The van der Waals surface area contributed by atoms with E-state index in [0.717, 1.165) is 12.8 Å². The fourth-order valence-corrected chi connectivity index (χ4v) is 3.51. The van der Waals surface area contributed by atoms with Gasteiger partial charge in [-0.1, -0.05) is 0 Å². The van der Waals surface area contributed by atoms with E-state index in [9.17, 15) is 14.0 Å². The number of hydrogen-bond acceptors (Lipinski definition) is 5. The van der Waals surface area contributed by atoms with E-state index in [1.807, 2.05) is 4.57 Å². The lowest BCUT2D eigenvalue weighted by molar-refractivity contribution is 0.101. The van der Waals surface area contributed by atoms with E-state index in [-0.39, 0.29) is 28.2 Å². The Hall–Kier alpha value is -3.23. The summed E-state index contributed by atoms with van der Waals surface area (Å²) < 4.78 is 33.6. The molecule has 1 aliphatic carbocycles. The third-order valence-corrected chi connectivity index (χ3v) is 5.16. The fraction of sp³-hybridized carbons (Fsp3) is 0.350. The molecule has 2 heterocycles. The second-order valence-electron chi connectivity index (χ2n) is 7.29. The van der Waals surface area contributed by atoms with E-state index < -0.39 is 28.5 Å². The summed E-state index contributed by atoms with van der Waals surface area (Å²) >= 11 is 0. The average Bonchev–Trinajstić information content (AvgIpc) is 3.40. The van der Waals surface area contributed by atoms with Crippen LogP contribution >= 0.6 is 0 Å². The Bertz CT molecular complexity index is 1150. The molecule has 0 amide bonds. The molecule has 3 aromatic rings. The van der Waals surface area contributed by atoms with Gasteiger partial charge in [-0.25, -0.2) is 13.8 Å². The molecule has 0 unspecified atom stereocenters. The van der Waals surface area contributed by atoms with Crippen LogP contribution < -0.4 is 16.5 Å². The van der Waals surface area contributed by atoms with E-state index in [4.69, 9.17) is 5.73 Å². The van der Waals surface area contributed by atoms with E-state index in [0.29, 0.717) is 19.5 Å². The molecule has 2 aromatic heterocycles. The molecule has 1 aromatic carbocycles. The lowest BCUT2D eigenvalue weighted by atomic mass is 10.0. The number of nitrogens with zero attached hydrogens (tertiary/aromatic N) is 3. The van der Waals surface area contributed by atoms with E-state index in [1.165, 1.54) is 13.1 Å². The normalized spacial score (nSPS) is 13.8. The summed E-state index contributed by atoms with van der Waals surface area (Å²) in [6, 6.07) is -0.0374. The number of rotatable bonds is 7. The maximum absolute atomic E-state index is 15.4. The van der Waals surface area contributed by atoms with Crippen LogP contribution in [0, 0.1) is 11.6 Å². The summed E-state index contributed by atoms with van der Waals surface area (Å²) in [6.45, 7) is 2.18. The van der Waals surface area contributed by atoms with E-state index in [2.05, 4.69) is 10.3 Å². The van der Waals surface area contributed by atoms with Gasteiger partial charge in [-0.3, -0.25) is 9.59 Å².